The number of benzene rings is 5. The minimum atomic E-state index is -0.0722. The first-order valence-electron chi connectivity index (χ1n) is 14.2. The predicted molar refractivity (Wildman–Crippen MR) is 168 cm³/mol. The molecule has 0 bridgehead atoms. The summed E-state index contributed by atoms with van der Waals surface area (Å²) < 4.78 is 0. The van der Waals surface area contributed by atoms with Crippen molar-refractivity contribution in [3.05, 3.63) is 119 Å². The van der Waals surface area contributed by atoms with E-state index in [1.165, 1.54) is 60.8 Å². The van der Waals surface area contributed by atoms with E-state index in [0.29, 0.717) is 0 Å². The molecule has 2 aliphatic rings. The van der Waals surface area contributed by atoms with E-state index >= 15 is 0 Å². The molecule has 194 valence electrons. The molecule has 0 heterocycles. The molecule has 1 N–H and O–H groups in total. The Hall–Kier alpha value is -3.84. The number of hydrogen-bond acceptors (Lipinski definition) is 1. The monoisotopic (exact) mass is 507 g/mol. The Bertz CT molecular complexity index is 1790. The van der Waals surface area contributed by atoms with Crippen molar-refractivity contribution in [3.63, 3.8) is 0 Å². The Labute approximate surface area is 232 Å². The zero-order valence-corrected chi connectivity index (χ0v) is 24.2. The Morgan fingerprint density at radius 1 is 0.487 bits per heavy atom. The van der Waals surface area contributed by atoms with Crippen molar-refractivity contribution in [1.82, 2.24) is 0 Å². The van der Waals surface area contributed by atoms with Crippen LogP contribution < -0.4 is 5.32 Å². The third-order valence-electron chi connectivity index (χ3n) is 9.38. The predicted octanol–water partition coefficient (Wildman–Crippen LogP) is 10.5. The van der Waals surface area contributed by atoms with Crippen LogP contribution in [0.25, 0.3) is 33.0 Å². The van der Waals surface area contributed by atoms with Gasteiger partial charge in [-0.15, -0.1) is 0 Å². The largest absolute Gasteiger partial charge is 0.356 e. The van der Waals surface area contributed by atoms with Gasteiger partial charge in [-0.3, -0.25) is 0 Å². The van der Waals surface area contributed by atoms with Gasteiger partial charge >= 0.3 is 0 Å². The Morgan fingerprint density at radius 3 is 1.59 bits per heavy atom. The lowest BCUT2D eigenvalue weighted by Crippen LogP contribution is -2.17. The summed E-state index contributed by atoms with van der Waals surface area (Å²) in [5.41, 5.74) is 14.9. The van der Waals surface area contributed by atoms with Crippen LogP contribution in [0.5, 0.6) is 0 Å². The molecule has 0 spiro atoms. The molecular formula is C38H37N. The molecule has 0 aliphatic heterocycles. The van der Waals surface area contributed by atoms with Crippen LogP contribution in [-0.2, 0) is 16.2 Å². The molecule has 0 amide bonds. The molecule has 0 aromatic heterocycles. The first-order chi connectivity index (χ1) is 18.4. The molecule has 0 saturated heterocycles. The summed E-state index contributed by atoms with van der Waals surface area (Å²) in [6.45, 7) is 16.3. The summed E-state index contributed by atoms with van der Waals surface area (Å²) in [5, 5.41) is 6.30. The number of rotatable bonds is 2. The van der Waals surface area contributed by atoms with Gasteiger partial charge < -0.3 is 5.32 Å². The molecule has 0 atom stereocenters. The zero-order valence-electron chi connectivity index (χ0n) is 24.2. The second-order valence-electron chi connectivity index (χ2n) is 13.7. The van der Waals surface area contributed by atoms with Gasteiger partial charge in [-0.2, -0.15) is 0 Å². The number of fused-ring (bicyclic) bond motifs is 7. The molecule has 1 heteroatoms. The minimum Gasteiger partial charge on any atom is -0.356 e. The van der Waals surface area contributed by atoms with Gasteiger partial charge in [-0.1, -0.05) is 90.9 Å². The maximum absolute atomic E-state index is 3.67. The summed E-state index contributed by atoms with van der Waals surface area (Å²) >= 11 is 0. The third-order valence-corrected chi connectivity index (χ3v) is 9.38. The van der Waals surface area contributed by atoms with E-state index in [2.05, 4.69) is 145 Å². The number of hydrogen-bond donors (Lipinski definition) is 1. The molecule has 0 saturated carbocycles. The van der Waals surface area contributed by atoms with Crippen molar-refractivity contribution in [2.24, 2.45) is 0 Å². The molecular weight excluding hydrogens is 470 g/mol. The van der Waals surface area contributed by atoms with E-state index in [0.717, 1.165) is 11.4 Å². The van der Waals surface area contributed by atoms with E-state index in [1.54, 1.807) is 0 Å². The average Bonchev–Trinajstić information content (AvgIpc) is 3.25. The van der Waals surface area contributed by atoms with Crippen LogP contribution in [0.4, 0.5) is 11.4 Å². The van der Waals surface area contributed by atoms with Gasteiger partial charge in [-0.05, 0) is 115 Å². The summed E-state index contributed by atoms with van der Waals surface area (Å²) in [6, 6.07) is 34.4. The van der Waals surface area contributed by atoms with E-state index in [1.807, 2.05) is 0 Å². The summed E-state index contributed by atoms with van der Waals surface area (Å²) in [6.07, 6.45) is 0. The lowest BCUT2D eigenvalue weighted by atomic mass is 9.79. The maximum Gasteiger partial charge on any atom is 0.0387 e. The highest BCUT2D eigenvalue weighted by molar-refractivity contribution is 5.96. The van der Waals surface area contributed by atoms with Gasteiger partial charge in [0.05, 0.1) is 0 Å². The molecule has 2 aliphatic carbocycles. The van der Waals surface area contributed by atoms with Crippen molar-refractivity contribution in [3.8, 4) is 22.3 Å². The highest BCUT2D eigenvalue weighted by Gasteiger charge is 2.41. The first-order valence-corrected chi connectivity index (χ1v) is 14.2. The fourth-order valence-electron chi connectivity index (χ4n) is 6.94. The number of nitrogens with one attached hydrogen (secondary N) is 1. The Kier molecular flexibility index (Phi) is 4.88. The standard InChI is InChI=1S/C38H37N/c1-36(2,3)25-12-14-26(15-13-25)39-27-16-17-28-30-21-35-31(22-34(30)38(6,7)33(28)20-27)29-18-23-10-8-9-11-24(23)19-32(29)37(35,4)5/h8-22,39H,1-7H3. The van der Waals surface area contributed by atoms with E-state index in [4.69, 9.17) is 0 Å². The van der Waals surface area contributed by atoms with Crippen LogP contribution in [0.3, 0.4) is 0 Å². The van der Waals surface area contributed by atoms with Crippen LogP contribution in [0.15, 0.2) is 91.0 Å². The molecule has 0 unspecified atom stereocenters. The van der Waals surface area contributed by atoms with Crippen LogP contribution in [-0.4, -0.2) is 0 Å². The van der Waals surface area contributed by atoms with Crippen molar-refractivity contribution in [2.45, 2.75) is 64.7 Å². The van der Waals surface area contributed by atoms with Crippen molar-refractivity contribution in [2.75, 3.05) is 5.32 Å². The van der Waals surface area contributed by atoms with Crippen LogP contribution in [0.1, 0.15) is 76.3 Å². The van der Waals surface area contributed by atoms with E-state index in [9.17, 15) is 0 Å². The van der Waals surface area contributed by atoms with Gasteiger partial charge in [0.15, 0.2) is 0 Å². The Balaban J connectivity index is 1.30. The zero-order chi connectivity index (χ0) is 27.3. The maximum atomic E-state index is 3.67. The molecule has 5 aromatic carbocycles. The quantitative estimate of drug-likeness (QED) is 0.250. The van der Waals surface area contributed by atoms with Crippen LogP contribution >= 0.6 is 0 Å². The molecule has 1 nitrogen and oxygen atoms in total. The van der Waals surface area contributed by atoms with Gasteiger partial charge in [0.2, 0.25) is 0 Å². The van der Waals surface area contributed by atoms with Gasteiger partial charge in [0, 0.05) is 22.2 Å². The van der Waals surface area contributed by atoms with Crippen LogP contribution in [0, 0.1) is 0 Å². The number of anilines is 2. The fraction of sp³-hybridized carbons (Fsp3) is 0.263. The van der Waals surface area contributed by atoms with Gasteiger partial charge in [-0.25, -0.2) is 0 Å². The summed E-state index contributed by atoms with van der Waals surface area (Å²) in [4.78, 5) is 0. The second-order valence-corrected chi connectivity index (χ2v) is 13.7. The van der Waals surface area contributed by atoms with Crippen molar-refractivity contribution < 1.29 is 0 Å². The molecule has 0 radical (unpaired) electrons. The van der Waals surface area contributed by atoms with Crippen molar-refractivity contribution >= 4 is 22.1 Å². The highest BCUT2D eigenvalue weighted by Crippen LogP contribution is 2.56. The molecule has 7 rings (SSSR count). The topological polar surface area (TPSA) is 12.0 Å². The van der Waals surface area contributed by atoms with Crippen molar-refractivity contribution in [1.29, 1.82) is 0 Å². The van der Waals surface area contributed by atoms with Crippen LogP contribution in [0.2, 0.25) is 0 Å². The summed E-state index contributed by atoms with van der Waals surface area (Å²) in [7, 11) is 0. The lowest BCUT2D eigenvalue weighted by molar-refractivity contribution is 0.590. The third kappa shape index (κ3) is 3.52. The average molecular weight is 508 g/mol. The smallest absolute Gasteiger partial charge is 0.0387 e. The van der Waals surface area contributed by atoms with E-state index < -0.39 is 0 Å². The lowest BCUT2D eigenvalue weighted by Gasteiger charge is -2.24. The molecule has 5 aromatic rings. The van der Waals surface area contributed by atoms with Gasteiger partial charge in [0.1, 0.15) is 0 Å². The van der Waals surface area contributed by atoms with Gasteiger partial charge in [0.25, 0.3) is 0 Å². The highest BCUT2D eigenvalue weighted by atomic mass is 14.9. The second kappa shape index (κ2) is 7.85. The Morgan fingerprint density at radius 2 is 0.974 bits per heavy atom. The SMILES string of the molecule is CC(C)(C)c1ccc(Nc2ccc3c(c2)C(C)(C)c2cc4c(cc2-3)C(C)(C)c2cc3ccccc3cc2-4)cc1. The normalized spacial score (nSPS) is 16.0. The fourth-order valence-corrected chi connectivity index (χ4v) is 6.94. The molecule has 39 heavy (non-hydrogen) atoms. The minimum absolute atomic E-state index is 0.0304. The molecule has 0 fully saturated rings. The summed E-state index contributed by atoms with van der Waals surface area (Å²) in [5.74, 6) is 0. The van der Waals surface area contributed by atoms with E-state index in [-0.39, 0.29) is 16.2 Å². The first kappa shape index (κ1) is 24.2.